The number of aromatic nitrogens is 3. The third kappa shape index (κ3) is 2.50. The summed E-state index contributed by atoms with van der Waals surface area (Å²) >= 11 is 0. The number of pyridine rings is 1. The van der Waals surface area contributed by atoms with E-state index in [1.54, 1.807) is 0 Å². The highest BCUT2D eigenvalue weighted by atomic mass is 14.9. The van der Waals surface area contributed by atoms with Crippen LogP contribution < -0.4 is 0 Å². The number of aromatic amines is 1. The molecule has 3 nitrogen and oxygen atoms in total. The molecule has 0 unspecified atom stereocenters. The van der Waals surface area contributed by atoms with E-state index in [1.165, 1.54) is 16.7 Å². The smallest absolute Gasteiger partial charge is 0.157 e. The molecule has 0 amide bonds. The zero-order valence-corrected chi connectivity index (χ0v) is 13.2. The van der Waals surface area contributed by atoms with Gasteiger partial charge in [0.05, 0.1) is 11.0 Å². The second-order valence-electron chi connectivity index (χ2n) is 5.83. The first-order valence-corrected chi connectivity index (χ1v) is 7.69. The van der Waals surface area contributed by atoms with Crippen LogP contribution in [0.3, 0.4) is 0 Å². The molecule has 4 rings (SSSR count). The maximum Gasteiger partial charge on any atom is 0.157 e. The van der Waals surface area contributed by atoms with Crippen LogP contribution in [0.2, 0.25) is 0 Å². The van der Waals surface area contributed by atoms with Gasteiger partial charge in [0.25, 0.3) is 0 Å². The molecule has 0 aliphatic rings. The van der Waals surface area contributed by atoms with Gasteiger partial charge in [-0.1, -0.05) is 30.3 Å². The molecular formula is C20H17N3. The lowest BCUT2D eigenvalue weighted by Crippen LogP contribution is -1.87. The molecular weight excluding hydrogens is 282 g/mol. The molecule has 23 heavy (non-hydrogen) atoms. The first-order chi connectivity index (χ1) is 11.2. The van der Waals surface area contributed by atoms with Crippen LogP contribution in [0.15, 0.2) is 60.8 Å². The van der Waals surface area contributed by atoms with E-state index in [0.717, 1.165) is 28.1 Å². The molecule has 2 heterocycles. The van der Waals surface area contributed by atoms with Crippen LogP contribution in [-0.2, 0) is 0 Å². The highest BCUT2D eigenvalue weighted by Gasteiger charge is 2.09. The number of imidazole rings is 1. The second kappa shape index (κ2) is 5.36. The molecule has 2 aromatic heterocycles. The highest BCUT2D eigenvalue weighted by Crippen LogP contribution is 2.25. The van der Waals surface area contributed by atoms with E-state index < -0.39 is 0 Å². The van der Waals surface area contributed by atoms with Gasteiger partial charge in [0.2, 0.25) is 0 Å². The first kappa shape index (κ1) is 13.7. The van der Waals surface area contributed by atoms with Gasteiger partial charge in [0.15, 0.2) is 5.82 Å². The Hall–Kier alpha value is -2.94. The summed E-state index contributed by atoms with van der Waals surface area (Å²) in [6.45, 7) is 4.22. The molecule has 0 bridgehead atoms. The number of hydrogen-bond donors (Lipinski definition) is 1. The molecule has 0 saturated heterocycles. The Morgan fingerprint density at radius 3 is 2.43 bits per heavy atom. The molecule has 0 atom stereocenters. The predicted molar refractivity (Wildman–Crippen MR) is 94.2 cm³/mol. The van der Waals surface area contributed by atoms with Gasteiger partial charge in [-0.25, -0.2) is 4.98 Å². The summed E-state index contributed by atoms with van der Waals surface area (Å²) in [5.41, 5.74) is 7.73. The zero-order chi connectivity index (χ0) is 15.8. The Morgan fingerprint density at radius 2 is 1.61 bits per heavy atom. The van der Waals surface area contributed by atoms with E-state index in [2.05, 4.69) is 54.1 Å². The first-order valence-electron chi connectivity index (χ1n) is 7.69. The van der Waals surface area contributed by atoms with Crippen molar-refractivity contribution >= 4 is 11.0 Å². The van der Waals surface area contributed by atoms with Gasteiger partial charge in [-0.05, 0) is 60.4 Å². The number of fused-ring (bicyclic) bond motifs is 1. The molecule has 0 spiro atoms. The lowest BCUT2D eigenvalue weighted by molar-refractivity contribution is 1.24. The SMILES string of the molecule is Cc1cc2nc(-c3cc(-c4ccccc4)ccn3)[nH]c2cc1C. The van der Waals surface area contributed by atoms with Gasteiger partial charge in [-0.2, -0.15) is 0 Å². The fourth-order valence-corrected chi connectivity index (χ4v) is 2.76. The van der Waals surface area contributed by atoms with Gasteiger partial charge >= 0.3 is 0 Å². The number of rotatable bonds is 2. The maximum absolute atomic E-state index is 4.70. The Bertz CT molecular complexity index is 945. The number of nitrogens with zero attached hydrogens (tertiary/aromatic N) is 2. The van der Waals surface area contributed by atoms with E-state index >= 15 is 0 Å². The van der Waals surface area contributed by atoms with E-state index in [0.29, 0.717) is 0 Å². The average Bonchev–Trinajstić information content (AvgIpc) is 2.99. The number of hydrogen-bond acceptors (Lipinski definition) is 2. The summed E-state index contributed by atoms with van der Waals surface area (Å²) in [5.74, 6) is 0.808. The van der Waals surface area contributed by atoms with Gasteiger partial charge < -0.3 is 4.98 Å². The minimum absolute atomic E-state index is 0.808. The fraction of sp³-hybridized carbons (Fsp3) is 0.100. The van der Waals surface area contributed by atoms with E-state index in [9.17, 15) is 0 Å². The lowest BCUT2D eigenvalue weighted by atomic mass is 10.1. The van der Waals surface area contributed by atoms with Crippen LogP contribution in [0.1, 0.15) is 11.1 Å². The second-order valence-corrected chi connectivity index (χ2v) is 5.83. The maximum atomic E-state index is 4.70. The summed E-state index contributed by atoms with van der Waals surface area (Å²) in [4.78, 5) is 12.6. The quantitative estimate of drug-likeness (QED) is 0.571. The molecule has 2 aromatic carbocycles. The number of benzene rings is 2. The van der Waals surface area contributed by atoms with Crippen molar-refractivity contribution in [3.05, 3.63) is 71.9 Å². The summed E-state index contributed by atoms with van der Waals surface area (Å²) in [7, 11) is 0. The monoisotopic (exact) mass is 299 g/mol. The van der Waals surface area contributed by atoms with Crippen molar-refractivity contribution < 1.29 is 0 Å². The van der Waals surface area contributed by atoms with Gasteiger partial charge in [0, 0.05) is 6.20 Å². The Morgan fingerprint density at radius 1 is 0.826 bits per heavy atom. The standard InChI is InChI=1S/C20H17N3/c1-13-10-17-18(11-14(13)2)23-20(22-17)19-12-16(8-9-21-19)15-6-4-3-5-7-15/h3-12H,1-2H3,(H,22,23). The minimum atomic E-state index is 0.808. The number of H-pyrrole nitrogens is 1. The molecule has 0 fully saturated rings. The Labute approximate surface area is 135 Å². The highest BCUT2D eigenvalue weighted by molar-refractivity contribution is 5.81. The summed E-state index contributed by atoms with van der Waals surface area (Å²) in [6, 6.07) is 18.7. The van der Waals surface area contributed by atoms with Crippen molar-refractivity contribution in [2.45, 2.75) is 13.8 Å². The van der Waals surface area contributed by atoms with Crippen LogP contribution in [-0.4, -0.2) is 15.0 Å². The number of aryl methyl sites for hydroxylation is 2. The molecule has 112 valence electrons. The normalized spacial score (nSPS) is 11.0. The van der Waals surface area contributed by atoms with Crippen molar-refractivity contribution in [3.63, 3.8) is 0 Å². The summed E-state index contributed by atoms with van der Waals surface area (Å²) in [5, 5.41) is 0. The van der Waals surface area contributed by atoms with E-state index in [-0.39, 0.29) is 0 Å². The predicted octanol–water partition coefficient (Wildman–Crippen LogP) is 4.91. The van der Waals surface area contributed by atoms with Crippen molar-refractivity contribution in [1.82, 2.24) is 15.0 Å². The van der Waals surface area contributed by atoms with Crippen LogP contribution >= 0.6 is 0 Å². The van der Waals surface area contributed by atoms with Crippen molar-refractivity contribution in [1.29, 1.82) is 0 Å². The van der Waals surface area contributed by atoms with E-state index in [4.69, 9.17) is 4.98 Å². The Kier molecular flexibility index (Phi) is 3.19. The third-order valence-electron chi connectivity index (χ3n) is 4.21. The largest absolute Gasteiger partial charge is 0.337 e. The van der Waals surface area contributed by atoms with Crippen molar-refractivity contribution in [3.8, 4) is 22.6 Å². The molecule has 0 radical (unpaired) electrons. The molecule has 0 aliphatic carbocycles. The van der Waals surface area contributed by atoms with Crippen LogP contribution in [0, 0.1) is 13.8 Å². The minimum Gasteiger partial charge on any atom is -0.337 e. The molecule has 1 N–H and O–H groups in total. The molecule has 3 heteroatoms. The van der Waals surface area contributed by atoms with Crippen molar-refractivity contribution in [2.24, 2.45) is 0 Å². The molecule has 0 saturated carbocycles. The number of nitrogens with one attached hydrogen (secondary N) is 1. The molecule has 0 aliphatic heterocycles. The summed E-state index contributed by atoms with van der Waals surface area (Å²) < 4.78 is 0. The van der Waals surface area contributed by atoms with Crippen molar-refractivity contribution in [2.75, 3.05) is 0 Å². The topological polar surface area (TPSA) is 41.6 Å². The van der Waals surface area contributed by atoms with Gasteiger partial charge in [-0.15, -0.1) is 0 Å². The Balaban J connectivity index is 1.82. The van der Waals surface area contributed by atoms with Gasteiger partial charge in [0.1, 0.15) is 5.69 Å². The zero-order valence-electron chi connectivity index (χ0n) is 13.2. The average molecular weight is 299 g/mol. The third-order valence-corrected chi connectivity index (χ3v) is 4.21. The summed E-state index contributed by atoms with van der Waals surface area (Å²) in [6.07, 6.45) is 1.83. The van der Waals surface area contributed by atoms with Crippen LogP contribution in [0.5, 0.6) is 0 Å². The van der Waals surface area contributed by atoms with E-state index in [1.807, 2.05) is 30.5 Å². The van der Waals surface area contributed by atoms with Gasteiger partial charge in [-0.3, -0.25) is 4.98 Å². The van der Waals surface area contributed by atoms with Crippen LogP contribution in [0.25, 0.3) is 33.7 Å². The lowest BCUT2D eigenvalue weighted by Gasteiger charge is -2.02. The molecule has 4 aromatic rings. The van der Waals surface area contributed by atoms with Crippen LogP contribution in [0.4, 0.5) is 0 Å². The fourth-order valence-electron chi connectivity index (χ4n) is 2.76.